The van der Waals surface area contributed by atoms with Gasteiger partial charge in [0.25, 0.3) is 5.91 Å². The SMILES string of the molecule is O=C(NCc1ccncc1)C1CCCN1C(=O)c1ccccc1O. The molecule has 0 aliphatic carbocycles. The molecule has 2 amide bonds. The molecule has 0 spiro atoms. The Labute approximate surface area is 140 Å². The minimum Gasteiger partial charge on any atom is -0.507 e. The molecule has 2 heterocycles. The number of likely N-dealkylation sites (tertiary alicyclic amines) is 1. The number of para-hydroxylation sites is 1. The number of nitrogens with one attached hydrogen (secondary N) is 1. The Morgan fingerprint density at radius 2 is 1.96 bits per heavy atom. The second-order valence-electron chi connectivity index (χ2n) is 5.75. The molecule has 24 heavy (non-hydrogen) atoms. The highest BCUT2D eigenvalue weighted by molar-refractivity contribution is 5.99. The molecule has 1 atom stereocenters. The van der Waals surface area contributed by atoms with Crippen LogP contribution in [0.5, 0.6) is 5.75 Å². The van der Waals surface area contributed by atoms with Crippen LogP contribution in [0.4, 0.5) is 0 Å². The predicted molar refractivity (Wildman–Crippen MR) is 88.2 cm³/mol. The van der Waals surface area contributed by atoms with Crippen LogP contribution in [-0.4, -0.2) is 39.4 Å². The van der Waals surface area contributed by atoms with Crippen molar-refractivity contribution in [2.75, 3.05) is 6.54 Å². The van der Waals surface area contributed by atoms with E-state index in [-0.39, 0.29) is 23.1 Å². The van der Waals surface area contributed by atoms with Crippen molar-refractivity contribution in [3.8, 4) is 5.75 Å². The second kappa shape index (κ2) is 7.12. The van der Waals surface area contributed by atoms with Crippen LogP contribution in [0.3, 0.4) is 0 Å². The smallest absolute Gasteiger partial charge is 0.258 e. The van der Waals surface area contributed by atoms with Crippen LogP contribution in [0.1, 0.15) is 28.8 Å². The summed E-state index contributed by atoms with van der Waals surface area (Å²) in [6.45, 7) is 0.914. The molecule has 0 radical (unpaired) electrons. The number of aromatic hydroxyl groups is 1. The fourth-order valence-corrected chi connectivity index (χ4v) is 2.90. The average Bonchev–Trinajstić information content (AvgIpc) is 3.10. The number of benzene rings is 1. The molecule has 0 bridgehead atoms. The number of phenolic OH excluding ortho intramolecular Hbond substituents is 1. The molecule has 2 aromatic rings. The number of nitrogens with zero attached hydrogens (tertiary/aromatic N) is 2. The lowest BCUT2D eigenvalue weighted by Gasteiger charge is -2.24. The van der Waals surface area contributed by atoms with Crippen LogP contribution in [0, 0.1) is 0 Å². The van der Waals surface area contributed by atoms with Gasteiger partial charge in [0.2, 0.25) is 5.91 Å². The third-order valence-corrected chi connectivity index (χ3v) is 4.17. The molecule has 1 aliphatic rings. The van der Waals surface area contributed by atoms with Gasteiger partial charge in [-0.1, -0.05) is 12.1 Å². The fraction of sp³-hybridized carbons (Fsp3) is 0.278. The highest BCUT2D eigenvalue weighted by Gasteiger charge is 2.35. The standard InChI is InChI=1S/C18H19N3O3/c22-16-6-2-1-4-14(16)18(24)21-11-3-5-15(21)17(23)20-12-13-7-9-19-10-8-13/h1-2,4,6-10,15,22H,3,5,11-12H2,(H,20,23). The zero-order valence-electron chi connectivity index (χ0n) is 13.2. The Morgan fingerprint density at radius 1 is 1.21 bits per heavy atom. The molecule has 0 saturated carbocycles. The van der Waals surface area contributed by atoms with Crippen molar-refractivity contribution in [1.29, 1.82) is 0 Å². The van der Waals surface area contributed by atoms with Gasteiger partial charge < -0.3 is 15.3 Å². The molecule has 2 N–H and O–H groups in total. The van der Waals surface area contributed by atoms with E-state index in [1.165, 1.54) is 11.0 Å². The molecule has 6 heteroatoms. The summed E-state index contributed by atoms with van der Waals surface area (Å²) < 4.78 is 0. The van der Waals surface area contributed by atoms with Gasteiger partial charge in [-0.2, -0.15) is 0 Å². The molecule has 1 saturated heterocycles. The maximum Gasteiger partial charge on any atom is 0.258 e. The molecular weight excluding hydrogens is 306 g/mol. The summed E-state index contributed by atoms with van der Waals surface area (Å²) in [4.78, 5) is 30.6. The van der Waals surface area contributed by atoms with Crippen LogP contribution in [0.15, 0.2) is 48.8 Å². The van der Waals surface area contributed by atoms with Gasteiger partial charge in [0.05, 0.1) is 5.56 Å². The van der Waals surface area contributed by atoms with Gasteiger partial charge in [-0.15, -0.1) is 0 Å². The first-order chi connectivity index (χ1) is 11.7. The van der Waals surface area contributed by atoms with Gasteiger partial charge in [0.15, 0.2) is 0 Å². The van der Waals surface area contributed by atoms with Crippen LogP contribution in [0.25, 0.3) is 0 Å². The Hall–Kier alpha value is -2.89. The number of amides is 2. The third kappa shape index (κ3) is 3.37. The number of hydrogen-bond donors (Lipinski definition) is 2. The minimum absolute atomic E-state index is 0.0645. The monoisotopic (exact) mass is 325 g/mol. The van der Waals surface area contributed by atoms with E-state index >= 15 is 0 Å². The molecule has 3 rings (SSSR count). The topological polar surface area (TPSA) is 82.5 Å². The maximum absolute atomic E-state index is 12.6. The van der Waals surface area contributed by atoms with Gasteiger partial charge in [0.1, 0.15) is 11.8 Å². The van der Waals surface area contributed by atoms with Crippen molar-refractivity contribution < 1.29 is 14.7 Å². The van der Waals surface area contributed by atoms with Crippen molar-refractivity contribution in [3.05, 3.63) is 59.9 Å². The third-order valence-electron chi connectivity index (χ3n) is 4.17. The van der Waals surface area contributed by atoms with E-state index in [1.807, 2.05) is 12.1 Å². The Bertz CT molecular complexity index is 733. The summed E-state index contributed by atoms with van der Waals surface area (Å²) >= 11 is 0. The van der Waals surface area contributed by atoms with Crippen molar-refractivity contribution >= 4 is 11.8 Å². The van der Waals surface area contributed by atoms with E-state index in [1.54, 1.807) is 30.6 Å². The number of hydrogen-bond acceptors (Lipinski definition) is 4. The van der Waals surface area contributed by atoms with Gasteiger partial charge >= 0.3 is 0 Å². The zero-order chi connectivity index (χ0) is 16.9. The van der Waals surface area contributed by atoms with Crippen LogP contribution >= 0.6 is 0 Å². The normalized spacial score (nSPS) is 16.8. The van der Waals surface area contributed by atoms with Crippen LogP contribution in [-0.2, 0) is 11.3 Å². The molecule has 1 fully saturated rings. The largest absolute Gasteiger partial charge is 0.507 e. The second-order valence-corrected chi connectivity index (χ2v) is 5.75. The number of aromatic nitrogens is 1. The molecule has 1 unspecified atom stereocenters. The van der Waals surface area contributed by atoms with Gasteiger partial charge in [-0.05, 0) is 42.7 Å². The number of phenols is 1. The van der Waals surface area contributed by atoms with Gasteiger partial charge in [-0.3, -0.25) is 14.6 Å². The molecule has 1 aromatic heterocycles. The zero-order valence-corrected chi connectivity index (χ0v) is 13.2. The first-order valence-corrected chi connectivity index (χ1v) is 7.92. The van der Waals surface area contributed by atoms with E-state index in [0.717, 1.165) is 12.0 Å². The summed E-state index contributed by atoms with van der Waals surface area (Å²) in [5.41, 5.74) is 1.18. The van der Waals surface area contributed by atoms with E-state index in [0.29, 0.717) is 19.5 Å². The van der Waals surface area contributed by atoms with Crippen LogP contribution in [0.2, 0.25) is 0 Å². The van der Waals surface area contributed by atoms with E-state index in [9.17, 15) is 14.7 Å². The Balaban J connectivity index is 1.67. The lowest BCUT2D eigenvalue weighted by Crippen LogP contribution is -2.45. The molecule has 1 aromatic carbocycles. The summed E-state index contributed by atoms with van der Waals surface area (Å²) in [5.74, 6) is -0.548. The van der Waals surface area contributed by atoms with Crippen molar-refractivity contribution in [2.24, 2.45) is 0 Å². The van der Waals surface area contributed by atoms with Gasteiger partial charge in [-0.25, -0.2) is 0 Å². The molecule has 124 valence electrons. The Morgan fingerprint density at radius 3 is 2.71 bits per heavy atom. The average molecular weight is 325 g/mol. The molecular formula is C18H19N3O3. The predicted octanol–water partition coefficient (Wildman–Crippen LogP) is 1.71. The first-order valence-electron chi connectivity index (χ1n) is 7.92. The quantitative estimate of drug-likeness (QED) is 0.896. The minimum atomic E-state index is -0.501. The van der Waals surface area contributed by atoms with E-state index in [2.05, 4.69) is 10.3 Å². The molecule has 6 nitrogen and oxygen atoms in total. The van der Waals surface area contributed by atoms with Crippen molar-refractivity contribution in [1.82, 2.24) is 15.2 Å². The van der Waals surface area contributed by atoms with E-state index < -0.39 is 6.04 Å². The Kier molecular flexibility index (Phi) is 4.74. The highest BCUT2D eigenvalue weighted by Crippen LogP contribution is 2.24. The fourth-order valence-electron chi connectivity index (χ4n) is 2.90. The van der Waals surface area contributed by atoms with E-state index in [4.69, 9.17) is 0 Å². The van der Waals surface area contributed by atoms with Crippen molar-refractivity contribution in [2.45, 2.75) is 25.4 Å². The summed E-state index contributed by atoms with van der Waals surface area (Å²) in [6.07, 6.45) is 4.74. The van der Waals surface area contributed by atoms with Crippen molar-refractivity contribution in [3.63, 3.8) is 0 Å². The molecule has 1 aliphatic heterocycles. The number of rotatable bonds is 4. The summed E-state index contributed by atoms with van der Waals surface area (Å²) in [6, 6.07) is 9.57. The lowest BCUT2D eigenvalue weighted by molar-refractivity contribution is -0.125. The summed E-state index contributed by atoms with van der Waals surface area (Å²) in [7, 11) is 0. The number of carbonyl (C=O) groups is 2. The number of carbonyl (C=O) groups excluding carboxylic acids is 2. The summed E-state index contributed by atoms with van der Waals surface area (Å²) in [5, 5.41) is 12.7. The maximum atomic E-state index is 12.6. The number of pyridine rings is 1. The van der Waals surface area contributed by atoms with Gasteiger partial charge in [0, 0.05) is 25.5 Å². The van der Waals surface area contributed by atoms with Crippen LogP contribution < -0.4 is 5.32 Å². The lowest BCUT2D eigenvalue weighted by atomic mass is 10.1. The highest BCUT2D eigenvalue weighted by atomic mass is 16.3. The first kappa shape index (κ1) is 16.0.